The largest absolute Gasteiger partial charge is 0.492 e. The van der Waals surface area contributed by atoms with Crippen LogP contribution in [0.15, 0.2) is 78.9 Å². The predicted molar refractivity (Wildman–Crippen MR) is 152 cm³/mol. The number of rotatable bonds is 9. The number of pyridine rings is 1. The van der Waals surface area contributed by atoms with Gasteiger partial charge in [-0.3, -0.25) is 9.88 Å². The van der Waals surface area contributed by atoms with Crippen LogP contribution in [0.3, 0.4) is 0 Å². The molecule has 1 aliphatic heterocycles. The summed E-state index contributed by atoms with van der Waals surface area (Å²) in [5, 5.41) is 4.00. The van der Waals surface area contributed by atoms with Gasteiger partial charge in [0.15, 0.2) is 0 Å². The van der Waals surface area contributed by atoms with Crippen molar-refractivity contribution >= 4 is 22.3 Å². The summed E-state index contributed by atoms with van der Waals surface area (Å²) in [6.45, 7) is 4.45. The van der Waals surface area contributed by atoms with Crippen molar-refractivity contribution in [2.75, 3.05) is 38.7 Å². The number of hydrogen-bond acceptors (Lipinski definition) is 5. The van der Waals surface area contributed by atoms with Gasteiger partial charge in [-0.1, -0.05) is 48.5 Å². The number of benzene rings is 3. The Bertz CT molecular complexity index is 1430. The van der Waals surface area contributed by atoms with Crippen molar-refractivity contribution in [3.05, 3.63) is 95.7 Å². The Labute approximate surface area is 232 Å². The average Bonchev–Trinajstić information content (AvgIpc) is 2.94. The first-order valence-electron chi connectivity index (χ1n) is 13.5. The number of ether oxygens (including phenoxy) is 2. The van der Waals surface area contributed by atoms with E-state index in [1.807, 2.05) is 55.5 Å². The quantitative estimate of drug-likeness (QED) is 0.236. The second-order valence-corrected chi connectivity index (χ2v) is 10.4. The van der Waals surface area contributed by atoms with Crippen molar-refractivity contribution in [2.24, 2.45) is 0 Å². The number of hydrogen-bond donors (Lipinski definition) is 1. The molecule has 8 heteroatoms. The average molecular weight is 550 g/mol. The number of aromatic nitrogens is 1. The highest BCUT2D eigenvalue weighted by molar-refractivity contribution is 5.93. The van der Waals surface area contributed by atoms with E-state index in [4.69, 9.17) is 9.47 Å². The van der Waals surface area contributed by atoms with Crippen molar-refractivity contribution in [3.63, 3.8) is 0 Å². The maximum Gasteiger partial charge on any atom is 0.416 e. The lowest BCUT2D eigenvalue weighted by atomic mass is 9.85. The smallest absolute Gasteiger partial charge is 0.416 e. The fourth-order valence-electron chi connectivity index (χ4n) is 5.38. The van der Waals surface area contributed by atoms with E-state index < -0.39 is 11.7 Å². The van der Waals surface area contributed by atoms with Crippen LogP contribution in [0.25, 0.3) is 10.9 Å². The van der Waals surface area contributed by atoms with Crippen molar-refractivity contribution in [2.45, 2.75) is 38.0 Å². The third kappa shape index (κ3) is 6.74. The lowest BCUT2D eigenvalue weighted by molar-refractivity contribution is -0.137. The van der Waals surface area contributed by atoms with Gasteiger partial charge in [0.05, 0.1) is 16.7 Å². The molecule has 3 aromatic carbocycles. The zero-order chi connectivity index (χ0) is 28.2. The molecule has 1 fully saturated rings. The third-order valence-electron chi connectivity index (χ3n) is 7.60. The minimum atomic E-state index is -4.50. The number of aryl methyl sites for hydroxylation is 1. The first-order chi connectivity index (χ1) is 19.2. The summed E-state index contributed by atoms with van der Waals surface area (Å²) in [6.07, 6.45) is -1.87. The molecule has 0 atom stereocenters. The molecular formula is C32H34F3N3O2. The van der Waals surface area contributed by atoms with E-state index in [1.165, 1.54) is 5.56 Å². The van der Waals surface area contributed by atoms with Crippen molar-refractivity contribution in [3.8, 4) is 5.75 Å². The second-order valence-electron chi connectivity index (χ2n) is 10.4. The number of anilines is 2. The molecule has 1 aromatic heterocycles. The number of nitrogens with zero attached hydrogens (tertiary/aromatic N) is 2. The summed E-state index contributed by atoms with van der Waals surface area (Å²) in [4.78, 5) is 6.79. The molecule has 5 rings (SSSR count). The van der Waals surface area contributed by atoms with Crippen molar-refractivity contribution in [1.29, 1.82) is 0 Å². The van der Waals surface area contributed by atoms with E-state index in [0.29, 0.717) is 17.9 Å². The second kappa shape index (κ2) is 11.9. The molecule has 0 radical (unpaired) electrons. The van der Waals surface area contributed by atoms with E-state index in [2.05, 4.69) is 27.3 Å². The normalized spacial score (nSPS) is 15.7. The molecule has 0 aliphatic carbocycles. The molecule has 1 saturated heterocycles. The maximum atomic E-state index is 13.8. The zero-order valence-electron chi connectivity index (χ0n) is 22.8. The van der Waals surface area contributed by atoms with Gasteiger partial charge >= 0.3 is 6.18 Å². The summed E-state index contributed by atoms with van der Waals surface area (Å²) in [5.41, 5.74) is 2.85. The number of halogens is 3. The molecule has 4 aromatic rings. The summed E-state index contributed by atoms with van der Waals surface area (Å²) >= 11 is 0. The van der Waals surface area contributed by atoms with E-state index in [0.717, 1.165) is 61.1 Å². The monoisotopic (exact) mass is 549 g/mol. The van der Waals surface area contributed by atoms with Crippen LogP contribution in [0.2, 0.25) is 0 Å². The maximum absolute atomic E-state index is 13.8. The van der Waals surface area contributed by atoms with Gasteiger partial charge in [-0.15, -0.1) is 0 Å². The lowest BCUT2D eigenvalue weighted by Gasteiger charge is -2.41. The van der Waals surface area contributed by atoms with Crippen LogP contribution < -0.4 is 10.1 Å². The van der Waals surface area contributed by atoms with E-state index in [-0.39, 0.29) is 18.0 Å². The van der Waals surface area contributed by atoms with Gasteiger partial charge < -0.3 is 14.8 Å². The fourth-order valence-corrected chi connectivity index (χ4v) is 5.38. The molecule has 1 aliphatic rings. The summed E-state index contributed by atoms with van der Waals surface area (Å²) < 4.78 is 53.2. The van der Waals surface area contributed by atoms with Crippen molar-refractivity contribution in [1.82, 2.24) is 9.88 Å². The highest BCUT2D eigenvalue weighted by Gasteiger charge is 2.35. The molecule has 210 valence electrons. The molecule has 2 heterocycles. The molecule has 0 spiro atoms. The predicted octanol–water partition coefficient (Wildman–Crippen LogP) is 7.41. The third-order valence-corrected chi connectivity index (χ3v) is 7.60. The van der Waals surface area contributed by atoms with Gasteiger partial charge in [0.1, 0.15) is 12.4 Å². The van der Waals surface area contributed by atoms with E-state index in [1.54, 1.807) is 13.2 Å². The Morgan fingerprint density at radius 2 is 1.68 bits per heavy atom. The number of para-hydroxylation sites is 1. The number of piperidine rings is 1. The van der Waals surface area contributed by atoms with Gasteiger partial charge in [0.2, 0.25) is 0 Å². The SMILES string of the molecule is COC1(Cc2ccccc2)CCN(CCOc2cc(Nc3cc(C)nc4ccccc34)cc(C(F)(F)F)c2)CC1. The Balaban J connectivity index is 1.24. The van der Waals surface area contributed by atoms with Crippen molar-refractivity contribution < 1.29 is 22.6 Å². The standard InChI is InChI=1S/C32H34F3N3O2/c1-23-18-30(28-10-6-7-11-29(28)36-23)37-26-19-25(32(33,34)35)20-27(21-26)40-17-16-38-14-12-31(39-2,13-15-38)22-24-8-4-3-5-9-24/h3-11,18-21H,12-17,22H2,1-2H3,(H,36,37). The first kappa shape index (κ1) is 27.9. The highest BCUT2D eigenvalue weighted by Crippen LogP contribution is 2.36. The molecule has 0 amide bonds. The van der Waals surface area contributed by atoms with Crippen LogP contribution in [0.1, 0.15) is 29.7 Å². The Hall–Kier alpha value is -3.62. The molecule has 0 bridgehead atoms. The summed E-state index contributed by atoms with van der Waals surface area (Å²) in [7, 11) is 1.77. The first-order valence-corrected chi connectivity index (χ1v) is 13.5. The molecular weight excluding hydrogens is 515 g/mol. The number of alkyl halides is 3. The number of fused-ring (bicyclic) bond motifs is 1. The van der Waals surface area contributed by atoms with Crippen LogP contribution in [0, 0.1) is 6.92 Å². The summed E-state index contributed by atoms with van der Waals surface area (Å²) in [5.74, 6) is 0.180. The van der Waals surface area contributed by atoms with Gasteiger partial charge in [-0.25, -0.2) is 0 Å². The van der Waals surface area contributed by atoms with Gasteiger partial charge in [-0.2, -0.15) is 13.2 Å². The highest BCUT2D eigenvalue weighted by atomic mass is 19.4. The minimum absolute atomic E-state index is 0.180. The van der Waals surface area contributed by atoms with E-state index in [9.17, 15) is 13.2 Å². The lowest BCUT2D eigenvalue weighted by Crippen LogP contribution is -2.47. The number of likely N-dealkylation sites (tertiary alicyclic amines) is 1. The minimum Gasteiger partial charge on any atom is -0.492 e. The molecule has 5 nitrogen and oxygen atoms in total. The van der Waals surface area contributed by atoms with Gasteiger partial charge in [0, 0.05) is 61.7 Å². The van der Waals surface area contributed by atoms with Gasteiger partial charge in [-0.05, 0) is 49.6 Å². The van der Waals surface area contributed by atoms with Crippen LogP contribution in [0.5, 0.6) is 5.75 Å². The fraction of sp³-hybridized carbons (Fsp3) is 0.344. The Morgan fingerprint density at radius 1 is 0.950 bits per heavy atom. The number of methoxy groups -OCH3 is 1. The Morgan fingerprint density at radius 3 is 2.40 bits per heavy atom. The molecule has 40 heavy (non-hydrogen) atoms. The number of nitrogens with one attached hydrogen (secondary N) is 1. The summed E-state index contributed by atoms with van der Waals surface area (Å²) in [6, 6.07) is 23.5. The van der Waals surface area contributed by atoms with E-state index >= 15 is 0 Å². The zero-order valence-corrected chi connectivity index (χ0v) is 22.8. The van der Waals surface area contributed by atoms with Crippen LogP contribution in [-0.4, -0.2) is 48.8 Å². The topological polar surface area (TPSA) is 46.6 Å². The van der Waals surface area contributed by atoms with Crippen LogP contribution in [-0.2, 0) is 17.3 Å². The van der Waals surface area contributed by atoms with Crippen LogP contribution in [0.4, 0.5) is 24.5 Å². The molecule has 0 saturated carbocycles. The Kier molecular flexibility index (Phi) is 8.28. The van der Waals surface area contributed by atoms with Crippen LogP contribution >= 0.6 is 0 Å². The molecule has 0 unspecified atom stereocenters. The van der Waals surface area contributed by atoms with Gasteiger partial charge in [0.25, 0.3) is 0 Å². The molecule has 1 N–H and O–H groups in total.